The van der Waals surface area contributed by atoms with Crippen molar-refractivity contribution in [3.8, 4) is 0 Å². The summed E-state index contributed by atoms with van der Waals surface area (Å²) in [6.07, 6.45) is 6.54. The van der Waals surface area contributed by atoms with Crippen molar-refractivity contribution in [2.45, 2.75) is 23.3 Å². The first-order valence-electron chi connectivity index (χ1n) is 5.90. The summed E-state index contributed by atoms with van der Waals surface area (Å²) in [4.78, 5) is 12.0. The van der Waals surface area contributed by atoms with Crippen molar-refractivity contribution in [3.05, 3.63) is 48.0 Å². The van der Waals surface area contributed by atoms with Crippen LogP contribution in [0.15, 0.2) is 42.5 Å². The second kappa shape index (κ2) is 6.19. The lowest BCUT2D eigenvalue weighted by molar-refractivity contribution is -0.120. The van der Waals surface area contributed by atoms with Crippen molar-refractivity contribution in [2.75, 3.05) is 0 Å². The number of carbonyl (C=O) groups is 1. The number of allylic oxidation sites excluding steroid dienone is 2. The fraction of sp³-hybridized carbons (Fsp3) is 0.357. The van der Waals surface area contributed by atoms with Crippen LogP contribution in [0, 0.1) is 5.92 Å². The maximum absolute atomic E-state index is 12.0. The van der Waals surface area contributed by atoms with Crippen LogP contribution >= 0.6 is 22.6 Å². The molecule has 3 heteroatoms. The lowest BCUT2D eigenvalue weighted by Gasteiger charge is -2.15. The molecular weight excluding hydrogens is 325 g/mol. The molecule has 2 atom stereocenters. The Balaban J connectivity index is 1.83. The molecule has 0 radical (unpaired) electrons. The van der Waals surface area contributed by atoms with Gasteiger partial charge in [-0.25, -0.2) is 0 Å². The Bertz CT molecular complexity index is 402. The summed E-state index contributed by atoms with van der Waals surface area (Å²) in [6, 6.07) is 10.0. The highest BCUT2D eigenvalue weighted by Gasteiger charge is 2.24. The number of carbonyl (C=O) groups excluding carboxylic acids is 1. The summed E-state index contributed by atoms with van der Waals surface area (Å²) in [5.74, 6) is 0.553. The van der Waals surface area contributed by atoms with E-state index < -0.39 is 0 Å². The third-order valence-corrected chi connectivity index (χ3v) is 4.48. The van der Waals surface area contributed by atoms with Gasteiger partial charge in [-0.1, -0.05) is 65.1 Å². The van der Waals surface area contributed by atoms with Gasteiger partial charge in [0, 0.05) is 6.54 Å². The predicted molar refractivity (Wildman–Crippen MR) is 78.0 cm³/mol. The summed E-state index contributed by atoms with van der Waals surface area (Å²) < 4.78 is 0.0510. The number of rotatable bonds is 4. The Morgan fingerprint density at radius 3 is 2.82 bits per heavy atom. The van der Waals surface area contributed by atoms with Crippen LogP contribution < -0.4 is 5.32 Å². The molecule has 0 aromatic heterocycles. The first kappa shape index (κ1) is 12.6. The van der Waals surface area contributed by atoms with Gasteiger partial charge in [0.25, 0.3) is 0 Å². The maximum Gasteiger partial charge on any atom is 0.233 e. The minimum absolute atomic E-state index is 0.0510. The average Bonchev–Trinajstić information content (AvgIpc) is 2.90. The molecule has 17 heavy (non-hydrogen) atoms. The minimum atomic E-state index is 0.0510. The number of halogens is 1. The summed E-state index contributed by atoms with van der Waals surface area (Å²) >= 11 is 2.25. The molecule has 0 unspecified atom stereocenters. The first-order chi connectivity index (χ1) is 8.27. The molecule has 0 bridgehead atoms. The second-order valence-corrected chi connectivity index (χ2v) is 5.62. The maximum atomic E-state index is 12.0. The quantitative estimate of drug-likeness (QED) is 0.509. The van der Waals surface area contributed by atoms with E-state index in [2.05, 4.69) is 40.1 Å². The molecule has 90 valence electrons. The van der Waals surface area contributed by atoms with E-state index in [1.165, 1.54) is 0 Å². The van der Waals surface area contributed by atoms with E-state index in [0.29, 0.717) is 12.5 Å². The van der Waals surface area contributed by atoms with Crippen LogP contribution in [0.2, 0.25) is 0 Å². The fourth-order valence-electron chi connectivity index (χ4n) is 1.98. The van der Waals surface area contributed by atoms with Crippen molar-refractivity contribution < 1.29 is 4.79 Å². The van der Waals surface area contributed by atoms with Crippen LogP contribution in [0.3, 0.4) is 0 Å². The van der Waals surface area contributed by atoms with Gasteiger partial charge in [0.1, 0.15) is 0 Å². The molecule has 0 heterocycles. The second-order valence-electron chi connectivity index (χ2n) is 4.27. The molecule has 1 aromatic rings. The average molecular weight is 341 g/mol. The van der Waals surface area contributed by atoms with Crippen molar-refractivity contribution in [2.24, 2.45) is 5.92 Å². The van der Waals surface area contributed by atoms with Crippen LogP contribution in [-0.2, 0) is 11.3 Å². The highest BCUT2D eigenvalue weighted by atomic mass is 127. The van der Waals surface area contributed by atoms with Crippen LogP contribution in [0.25, 0.3) is 0 Å². The number of alkyl halides is 1. The molecular formula is C14H16INO. The topological polar surface area (TPSA) is 29.1 Å². The summed E-state index contributed by atoms with van der Waals surface area (Å²) in [5, 5.41) is 3.00. The number of benzene rings is 1. The standard InChI is InChI=1S/C14H16INO/c15-13(12-8-4-5-9-12)14(17)16-10-11-6-2-1-3-7-11/h1-4,6-8,12-13H,5,9-10H2,(H,16,17)/t12-,13-/m0/s1. The largest absolute Gasteiger partial charge is 0.351 e. The molecule has 1 aromatic carbocycles. The molecule has 1 aliphatic rings. The number of hydrogen-bond acceptors (Lipinski definition) is 1. The Morgan fingerprint density at radius 1 is 1.41 bits per heavy atom. The third-order valence-electron chi connectivity index (χ3n) is 2.99. The highest BCUT2D eigenvalue weighted by Crippen LogP contribution is 2.26. The van der Waals surface area contributed by atoms with Gasteiger partial charge in [0.2, 0.25) is 5.91 Å². The Hall–Kier alpha value is -0.840. The van der Waals surface area contributed by atoms with Gasteiger partial charge in [-0.2, -0.15) is 0 Å². The lowest BCUT2D eigenvalue weighted by atomic mass is 10.0. The monoisotopic (exact) mass is 341 g/mol. The van der Waals surface area contributed by atoms with E-state index in [0.717, 1.165) is 18.4 Å². The number of amides is 1. The van der Waals surface area contributed by atoms with E-state index in [-0.39, 0.29) is 9.83 Å². The van der Waals surface area contributed by atoms with Gasteiger partial charge in [0.05, 0.1) is 3.92 Å². The molecule has 0 saturated carbocycles. The van der Waals surface area contributed by atoms with E-state index in [4.69, 9.17) is 0 Å². The molecule has 1 N–H and O–H groups in total. The van der Waals surface area contributed by atoms with E-state index in [9.17, 15) is 4.79 Å². The van der Waals surface area contributed by atoms with Crippen LogP contribution in [-0.4, -0.2) is 9.83 Å². The van der Waals surface area contributed by atoms with Crippen molar-refractivity contribution in [1.29, 1.82) is 0 Å². The Labute approximate surface area is 116 Å². The molecule has 2 rings (SSSR count). The summed E-state index contributed by atoms with van der Waals surface area (Å²) in [6.45, 7) is 0.621. The van der Waals surface area contributed by atoms with Gasteiger partial charge >= 0.3 is 0 Å². The van der Waals surface area contributed by atoms with Crippen LogP contribution in [0.1, 0.15) is 18.4 Å². The number of nitrogens with one attached hydrogen (secondary N) is 1. The zero-order chi connectivity index (χ0) is 12.1. The van der Waals surface area contributed by atoms with E-state index in [1.807, 2.05) is 30.3 Å². The number of hydrogen-bond donors (Lipinski definition) is 1. The zero-order valence-electron chi connectivity index (χ0n) is 9.60. The molecule has 2 nitrogen and oxygen atoms in total. The van der Waals surface area contributed by atoms with Crippen molar-refractivity contribution >= 4 is 28.5 Å². The Morgan fingerprint density at radius 2 is 2.18 bits per heavy atom. The van der Waals surface area contributed by atoms with Crippen molar-refractivity contribution in [1.82, 2.24) is 5.32 Å². The molecule has 0 spiro atoms. The molecule has 0 aliphatic heterocycles. The predicted octanol–water partition coefficient (Wildman–Crippen LogP) is 3.07. The summed E-state index contributed by atoms with van der Waals surface area (Å²) in [7, 11) is 0. The molecule has 0 fully saturated rings. The normalized spacial score (nSPS) is 20.2. The van der Waals surface area contributed by atoms with Gasteiger partial charge in [0.15, 0.2) is 0 Å². The first-order valence-corrected chi connectivity index (χ1v) is 7.14. The SMILES string of the molecule is O=C(NCc1ccccc1)[C@@H](I)[C@H]1C=CCC1. The smallest absolute Gasteiger partial charge is 0.233 e. The minimum Gasteiger partial charge on any atom is -0.351 e. The van der Waals surface area contributed by atoms with Crippen LogP contribution in [0.5, 0.6) is 0 Å². The van der Waals surface area contributed by atoms with Gasteiger partial charge in [-0.05, 0) is 24.3 Å². The fourth-order valence-corrected chi connectivity index (χ4v) is 2.80. The molecule has 1 aliphatic carbocycles. The van der Waals surface area contributed by atoms with Gasteiger partial charge < -0.3 is 5.32 Å². The van der Waals surface area contributed by atoms with E-state index >= 15 is 0 Å². The van der Waals surface area contributed by atoms with E-state index in [1.54, 1.807) is 0 Å². The Kier molecular flexibility index (Phi) is 4.59. The molecule has 1 amide bonds. The molecule has 0 saturated heterocycles. The van der Waals surface area contributed by atoms with Crippen molar-refractivity contribution in [3.63, 3.8) is 0 Å². The highest BCUT2D eigenvalue weighted by molar-refractivity contribution is 14.1. The third kappa shape index (κ3) is 3.56. The summed E-state index contributed by atoms with van der Waals surface area (Å²) in [5.41, 5.74) is 1.14. The van der Waals surface area contributed by atoms with Gasteiger partial charge in [-0.15, -0.1) is 0 Å². The van der Waals surface area contributed by atoms with Crippen LogP contribution in [0.4, 0.5) is 0 Å². The lowest BCUT2D eigenvalue weighted by Crippen LogP contribution is -2.34. The zero-order valence-corrected chi connectivity index (χ0v) is 11.8. The van der Waals surface area contributed by atoms with Gasteiger partial charge in [-0.3, -0.25) is 4.79 Å².